The zero-order valence-corrected chi connectivity index (χ0v) is 12.3. The third-order valence-corrected chi connectivity index (χ3v) is 4.56. The smallest absolute Gasteiger partial charge is 0.141 e. The highest BCUT2D eigenvalue weighted by molar-refractivity contribution is 6.30. The standard InChI is InChI=1S/C16H23ClFN/c1-19-14(8-6-12-4-2-3-5-12)10-13-7-9-16(18)15(17)11-13/h7,9,11-12,14,19H,2-6,8,10H2,1H3. The molecule has 106 valence electrons. The number of hydrogen-bond acceptors (Lipinski definition) is 1. The van der Waals surface area contributed by atoms with Crippen LogP contribution in [0.1, 0.15) is 44.1 Å². The van der Waals surface area contributed by atoms with Gasteiger partial charge in [0.05, 0.1) is 5.02 Å². The second kappa shape index (κ2) is 7.25. The molecule has 1 nitrogen and oxygen atoms in total. The highest BCUT2D eigenvalue weighted by Gasteiger charge is 2.17. The van der Waals surface area contributed by atoms with E-state index < -0.39 is 0 Å². The molecule has 0 heterocycles. The van der Waals surface area contributed by atoms with Crippen molar-refractivity contribution >= 4 is 11.6 Å². The number of halogens is 2. The van der Waals surface area contributed by atoms with E-state index in [0.29, 0.717) is 6.04 Å². The minimum Gasteiger partial charge on any atom is -0.317 e. The average Bonchev–Trinajstić information content (AvgIpc) is 2.92. The van der Waals surface area contributed by atoms with Crippen LogP contribution in [-0.2, 0) is 6.42 Å². The quantitative estimate of drug-likeness (QED) is 0.806. The maximum atomic E-state index is 13.1. The van der Waals surface area contributed by atoms with Crippen molar-refractivity contribution in [2.45, 2.75) is 51.0 Å². The first-order valence-electron chi connectivity index (χ1n) is 7.30. The summed E-state index contributed by atoms with van der Waals surface area (Å²) in [5, 5.41) is 3.60. The molecule has 1 unspecified atom stereocenters. The zero-order chi connectivity index (χ0) is 13.7. The fraction of sp³-hybridized carbons (Fsp3) is 0.625. The maximum Gasteiger partial charge on any atom is 0.141 e. The van der Waals surface area contributed by atoms with Gasteiger partial charge in [-0.25, -0.2) is 4.39 Å². The Morgan fingerprint density at radius 3 is 2.74 bits per heavy atom. The molecule has 1 aliphatic carbocycles. The van der Waals surface area contributed by atoms with Gasteiger partial charge in [-0.2, -0.15) is 0 Å². The summed E-state index contributed by atoms with van der Waals surface area (Å²) in [5.74, 6) is 0.588. The Hall–Kier alpha value is -0.600. The summed E-state index contributed by atoms with van der Waals surface area (Å²) >= 11 is 5.83. The first kappa shape index (κ1) is 14.8. The topological polar surface area (TPSA) is 12.0 Å². The van der Waals surface area contributed by atoms with Crippen molar-refractivity contribution in [1.29, 1.82) is 0 Å². The summed E-state index contributed by atoms with van der Waals surface area (Å²) < 4.78 is 13.1. The van der Waals surface area contributed by atoms with Crippen molar-refractivity contribution in [2.75, 3.05) is 7.05 Å². The molecule has 3 heteroatoms. The Balaban J connectivity index is 1.85. The Morgan fingerprint density at radius 1 is 1.37 bits per heavy atom. The Labute approximate surface area is 120 Å². The van der Waals surface area contributed by atoms with Crippen LogP contribution >= 0.6 is 11.6 Å². The summed E-state index contributed by atoms with van der Waals surface area (Å²) in [5.41, 5.74) is 1.11. The summed E-state index contributed by atoms with van der Waals surface area (Å²) in [4.78, 5) is 0. The summed E-state index contributed by atoms with van der Waals surface area (Å²) in [6, 6.07) is 5.50. The van der Waals surface area contributed by atoms with Crippen molar-refractivity contribution in [1.82, 2.24) is 5.32 Å². The molecule has 1 fully saturated rings. The van der Waals surface area contributed by atoms with Crippen molar-refractivity contribution < 1.29 is 4.39 Å². The van der Waals surface area contributed by atoms with E-state index in [9.17, 15) is 4.39 Å². The highest BCUT2D eigenvalue weighted by atomic mass is 35.5. The molecule has 0 radical (unpaired) electrons. The van der Waals surface area contributed by atoms with Gasteiger partial charge in [0, 0.05) is 6.04 Å². The van der Waals surface area contributed by atoms with Gasteiger partial charge in [0.15, 0.2) is 0 Å². The molecule has 2 rings (SSSR count). The molecule has 1 aliphatic rings. The van der Waals surface area contributed by atoms with E-state index in [0.717, 1.165) is 17.9 Å². The van der Waals surface area contributed by atoms with E-state index in [1.807, 2.05) is 13.1 Å². The second-order valence-electron chi connectivity index (χ2n) is 5.67. The van der Waals surface area contributed by atoms with Crippen molar-refractivity contribution in [3.63, 3.8) is 0 Å². The lowest BCUT2D eigenvalue weighted by molar-refractivity contribution is 0.418. The van der Waals surface area contributed by atoms with E-state index in [2.05, 4.69) is 5.32 Å². The van der Waals surface area contributed by atoms with Crippen LogP contribution in [0.15, 0.2) is 18.2 Å². The molecule has 0 saturated heterocycles. The van der Waals surface area contributed by atoms with Crippen LogP contribution in [-0.4, -0.2) is 13.1 Å². The third kappa shape index (κ3) is 4.47. The summed E-state index contributed by atoms with van der Waals surface area (Å²) in [6.07, 6.45) is 9.03. The van der Waals surface area contributed by atoms with Gasteiger partial charge >= 0.3 is 0 Å². The van der Waals surface area contributed by atoms with Gasteiger partial charge in [0.25, 0.3) is 0 Å². The number of nitrogens with one attached hydrogen (secondary N) is 1. The summed E-state index contributed by atoms with van der Waals surface area (Å²) in [6.45, 7) is 0. The van der Waals surface area contributed by atoms with Gasteiger partial charge in [-0.05, 0) is 49.9 Å². The number of benzene rings is 1. The molecule has 1 atom stereocenters. The largest absolute Gasteiger partial charge is 0.317 e. The van der Waals surface area contributed by atoms with Crippen LogP contribution < -0.4 is 5.32 Å². The predicted molar refractivity (Wildman–Crippen MR) is 79.2 cm³/mol. The average molecular weight is 284 g/mol. The third-order valence-electron chi connectivity index (χ3n) is 4.27. The Kier molecular flexibility index (Phi) is 5.65. The lowest BCUT2D eigenvalue weighted by Crippen LogP contribution is -2.28. The molecule has 0 aliphatic heterocycles. The fourth-order valence-corrected chi connectivity index (χ4v) is 3.24. The number of rotatable bonds is 6. The highest BCUT2D eigenvalue weighted by Crippen LogP contribution is 2.29. The van der Waals surface area contributed by atoms with E-state index >= 15 is 0 Å². The van der Waals surface area contributed by atoms with E-state index in [1.54, 1.807) is 6.07 Å². The second-order valence-corrected chi connectivity index (χ2v) is 6.07. The van der Waals surface area contributed by atoms with E-state index in [1.165, 1.54) is 44.6 Å². The molecule has 0 spiro atoms. The molecule has 1 aromatic rings. The van der Waals surface area contributed by atoms with Crippen LogP contribution in [0.4, 0.5) is 4.39 Å². The minimum atomic E-state index is -0.336. The summed E-state index contributed by atoms with van der Waals surface area (Å²) in [7, 11) is 2.00. The van der Waals surface area contributed by atoms with Crippen LogP contribution in [0.3, 0.4) is 0 Å². The fourth-order valence-electron chi connectivity index (χ4n) is 3.04. The zero-order valence-electron chi connectivity index (χ0n) is 11.6. The molecule has 1 aromatic carbocycles. The lowest BCUT2D eigenvalue weighted by atomic mass is 9.95. The van der Waals surface area contributed by atoms with Crippen LogP contribution in [0, 0.1) is 11.7 Å². The van der Waals surface area contributed by atoms with Crippen molar-refractivity contribution in [2.24, 2.45) is 5.92 Å². The molecular weight excluding hydrogens is 261 g/mol. The predicted octanol–water partition coefficient (Wildman–Crippen LogP) is 4.58. The first-order chi connectivity index (χ1) is 9.19. The van der Waals surface area contributed by atoms with Crippen molar-refractivity contribution in [3.05, 3.63) is 34.6 Å². The van der Waals surface area contributed by atoms with Crippen LogP contribution in [0.5, 0.6) is 0 Å². The van der Waals surface area contributed by atoms with Gasteiger partial charge in [-0.15, -0.1) is 0 Å². The number of likely N-dealkylation sites (N-methyl/N-ethyl adjacent to an activating group) is 1. The minimum absolute atomic E-state index is 0.225. The Bertz CT molecular complexity index is 402. The first-order valence-corrected chi connectivity index (χ1v) is 7.68. The SMILES string of the molecule is CNC(CCC1CCCC1)Cc1ccc(F)c(Cl)c1. The molecular formula is C16H23ClFN. The monoisotopic (exact) mass is 283 g/mol. The molecule has 0 aromatic heterocycles. The lowest BCUT2D eigenvalue weighted by Gasteiger charge is -2.18. The molecule has 1 N–H and O–H groups in total. The van der Waals surface area contributed by atoms with Crippen LogP contribution in [0.2, 0.25) is 5.02 Å². The Morgan fingerprint density at radius 2 is 2.11 bits per heavy atom. The van der Waals surface area contributed by atoms with Crippen molar-refractivity contribution in [3.8, 4) is 0 Å². The van der Waals surface area contributed by atoms with Gasteiger partial charge < -0.3 is 5.32 Å². The maximum absolute atomic E-state index is 13.1. The molecule has 1 saturated carbocycles. The van der Waals surface area contributed by atoms with Gasteiger partial charge in [-0.1, -0.05) is 43.4 Å². The van der Waals surface area contributed by atoms with E-state index in [-0.39, 0.29) is 10.8 Å². The van der Waals surface area contributed by atoms with Crippen LogP contribution in [0.25, 0.3) is 0 Å². The molecule has 0 amide bonds. The van der Waals surface area contributed by atoms with E-state index in [4.69, 9.17) is 11.6 Å². The molecule has 0 bridgehead atoms. The molecule has 19 heavy (non-hydrogen) atoms. The normalized spacial score (nSPS) is 17.8. The van der Waals surface area contributed by atoms with Gasteiger partial charge in [0.2, 0.25) is 0 Å². The van der Waals surface area contributed by atoms with Gasteiger partial charge in [0.1, 0.15) is 5.82 Å². The van der Waals surface area contributed by atoms with Gasteiger partial charge in [-0.3, -0.25) is 0 Å². The number of hydrogen-bond donors (Lipinski definition) is 1.